The second-order valence-corrected chi connectivity index (χ2v) is 11.9. The van der Waals surface area contributed by atoms with Crippen molar-refractivity contribution in [3.63, 3.8) is 0 Å². The smallest absolute Gasteiger partial charge is 0.164 e. The molecular formula is C45H28N4O. The summed E-state index contributed by atoms with van der Waals surface area (Å²) >= 11 is 0. The molecular weight excluding hydrogens is 613 g/mol. The van der Waals surface area contributed by atoms with Gasteiger partial charge >= 0.3 is 0 Å². The van der Waals surface area contributed by atoms with Gasteiger partial charge in [0.05, 0.1) is 31.7 Å². The molecule has 0 N–H and O–H groups in total. The zero-order valence-electron chi connectivity index (χ0n) is 33.3. The van der Waals surface area contributed by atoms with Crippen molar-refractivity contribution in [2.24, 2.45) is 0 Å². The number of rotatable bonds is 5. The van der Waals surface area contributed by atoms with E-state index in [9.17, 15) is 5.48 Å². The lowest BCUT2D eigenvalue weighted by Crippen LogP contribution is -2.00. The van der Waals surface area contributed by atoms with Crippen LogP contribution in [-0.2, 0) is 0 Å². The molecule has 234 valence electrons. The molecule has 0 amide bonds. The number of hydrogen-bond acceptors (Lipinski definition) is 4. The van der Waals surface area contributed by atoms with Gasteiger partial charge in [0.1, 0.15) is 11.2 Å². The Balaban J connectivity index is 1.29. The van der Waals surface area contributed by atoms with Crippen LogP contribution in [0.25, 0.3) is 94.7 Å². The first-order valence-corrected chi connectivity index (χ1v) is 16.1. The monoisotopic (exact) mass is 647 g/mol. The highest BCUT2D eigenvalue weighted by molar-refractivity contribution is 6.14. The molecule has 10 aromatic rings. The molecule has 5 nitrogen and oxygen atoms in total. The minimum atomic E-state index is -0.478. The summed E-state index contributed by atoms with van der Waals surface area (Å²) in [4.78, 5) is 14.5. The Hall–Kier alpha value is -6.85. The summed E-state index contributed by atoms with van der Waals surface area (Å²) in [5, 5.41) is 1.55. The molecule has 0 saturated heterocycles. The fourth-order valence-electron chi connectivity index (χ4n) is 6.59. The van der Waals surface area contributed by atoms with Gasteiger partial charge in [0.15, 0.2) is 17.5 Å². The van der Waals surface area contributed by atoms with Crippen molar-refractivity contribution in [3.8, 4) is 51.0 Å². The Bertz CT molecular complexity index is 3260. The molecule has 0 radical (unpaired) electrons. The molecule has 0 aliphatic rings. The van der Waals surface area contributed by atoms with Crippen LogP contribution in [0.1, 0.15) is 9.60 Å². The lowest BCUT2D eigenvalue weighted by Gasteiger charge is -2.11. The number of hydrogen-bond donors (Lipinski definition) is 0. The summed E-state index contributed by atoms with van der Waals surface area (Å²) < 4.78 is 72.4. The second-order valence-electron chi connectivity index (χ2n) is 11.9. The summed E-state index contributed by atoms with van der Waals surface area (Å²) in [5.41, 5.74) is 5.14. The number of furan rings is 1. The van der Waals surface area contributed by atoms with Crippen molar-refractivity contribution in [2.75, 3.05) is 0 Å². The van der Waals surface area contributed by atoms with E-state index < -0.39 is 12.1 Å². The quantitative estimate of drug-likeness (QED) is 0.186. The van der Waals surface area contributed by atoms with E-state index in [2.05, 4.69) is 0 Å². The van der Waals surface area contributed by atoms with Crippen molar-refractivity contribution in [1.82, 2.24) is 19.5 Å². The molecule has 0 spiro atoms. The molecule has 3 aromatic heterocycles. The number of fused-ring (bicyclic) bond motifs is 6. The van der Waals surface area contributed by atoms with E-state index in [0.717, 1.165) is 16.5 Å². The highest BCUT2D eigenvalue weighted by atomic mass is 16.3. The maximum atomic E-state index is 9.81. The summed E-state index contributed by atoms with van der Waals surface area (Å²) in [6.07, 6.45) is 0. The number of para-hydroxylation sites is 2. The summed E-state index contributed by atoms with van der Waals surface area (Å²) in [7, 11) is 0. The van der Waals surface area contributed by atoms with Gasteiger partial charge in [-0.2, -0.15) is 0 Å². The standard InChI is InChI=1S/C45H28N4O/c1-3-12-29(13-4-1)30-22-24-32(25-23-30)44-46-43(31-14-5-2-6-15-31)47-45(48-44)33-26-27-38-36(28-33)34-16-7-9-18-37(34)49(38)39-19-11-21-41-42(39)35-17-8-10-20-40(35)50-41/h1-28H/i7D,9D,16D,18D,26D,27D,28D. The van der Waals surface area contributed by atoms with E-state index in [-0.39, 0.29) is 63.4 Å². The summed E-state index contributed by atoms with van der Waals surface area (Å²) in [6, 6.07) is 37.4. The Morgan fingerprint density at radius 2 is 1.02 bits per heavy atom. The van der Waals surface area contributed by atoms with Crippen LogP contribution >= 0.6 is 0 Å². The van der Waals surface area contributed by atoms with Crippen LogP contribution in [0, 0.1) is 0 Å². The molecule has 0 unspecified atom stereocenters. The zero-order valence-corrected chi connectivity index (χ0v) is 26.3. The van der Waals surface area contributed by atoms with Crippen molar-refractivity contribution in [3.05, 3.63) is 170 Å². The first-order valence-electron chi connectivity index (χ1n) is 19.6. The van der Waals surface area contributed by atoms with Crippen LogP contribution in [0.3, 0.4) is 0 Å². The summed E-state index contributed by atoms with van der Waals surface area (Å²) in [5.74, 6) is 0.587. The Morgan fingerprint density at radius 3 is 1.80 bits per heavy atom. The van der Waals surface area contributed by atoms with Gasteiger partial charge in [-0.15, -0.1) is 0 Å². The maximum Gasteiger partial charge on any atom is 0.164 e. The molecule has 5 heteroatoms. The highest BCUT2D eigenvalue weighted by Crippen LogP contribution is 2.39. The first kappa shape index (κ1) is 21.9. The average molecular weight is 648 g/mol. The van der Waals surface area contributed by atoms with E-state index in [1.165, 1.54) is 0 Å². The minimum absolute atomic E-state index is 0.0129. The molecule has 3 heterocycles. The number of aromatic nitrogens is 4. The van der Waals surface area contributed by atoms with Gasteiger partial charge in [0.2, 0.25) is 0 Å². The van der Waals surface area contributed by atoms with Crippen molar-refractivity contribution in [2.45, 2.75) is 0 Å². The van der Waals surface area contributed by atoms with Gasteiger partial charge in [-0.3, -0.25) is 0 Å². The molecule has 50 heavy (non-hydrogen) atoms. The van der Waals surface area contributed by atoms with E-state index in [4.69, 9.17) is 23.5 Å². The Labute approximate surface area is 297 Å². The van der Waals surface area contributed by atoms with E-state index in [1.807, 2.05) is 115 Å². The first-order chi connectivity index (χ1) is 27.7. The van der Waals surface area contributed by atoms with Crippen LogP contribution in [-0.4, -0.2) is 19.5 Å². The van der Waals surface area contributed by atoms with Gasteiger partial charge in [-0.25, -0.2) is 15.0 Å². The highest BCUT2D eigenvalue weighted by Gasteiger charge is 2.19. The summed E-state index contributed by atoms with van der Waals surface area (Å²) in [6.45, 7) is 0. The molecule has 0 saturated carbocycles. The third kappa shape index (κ3) is 4.60. The maximum absolute atomic E-state index is 9.81. The van der Waals surface area contributed by atoms with Gasteiger partial charge in [0.25, 0.3) is 0 Å². The van der Waals surface area contributed by atoms with Crippen molar-refractivity contribution in [1.29, 1.82) is 0 Å². The average Bonchev–Trinajstić information content (AvgIpc) is 3.82. The Kier molecular flexibility index (Phi) is 4.99. The van der Waals surface area contributed by atoms with Crippen LogP contribution < -0.4 is 0 Å². The third-order valence-corrected chi connectivity index (χ3v) is 8.92. The van der Waals surface area contributed by atoms with E-state index in [0.29, 0.717) is 45.0 Å². The van der Waals surface area contributed by atoms with Gasteiger partial charge in [-0.1, -0.05) is 127 Å². The number of benzene rings is 7. The second kappa shape index (κ2) is 11.4. The fraction of sp³-hybridized carbons (Fsp3) is 0. The topological polar surface area (TPSA) is 56.7 Å². The zero-order chi connectivity index (χ0) is 39.1. The molecule has 0 fully saturated rings. The van der Waals surface area contributed by atoms with E-state index in [1.54, 1.807) is 16.7 Å². The lowest BCUT2D eigenvalue weighted by molar-refractivity contribution is 0.669. The number of nitrogens with zero attached hydrogens (tertiary/aromatic N) is 4. The van der Waals surface area contributed by atoms with Crippen LogP contribution in [0.4, 0.5) is 0 Å². The molecule has 0 bridgehead atoms. The normalized spacial score (nSPS) is 13.6. The molecule has 0 aliphatic heterocycles. The van der Waals surface area contributed by atoms with Crippen LogP contribution in [0.15, 0.2) is 174 Å². The van der Waals surface area contributed by atoms with Crippen molar-refractivity contribution < 1.29 is 14.0 Å². The lowest BCUT2D eigenvalue weighted by atomic mass is 10.0. The molecule has 10 rings (SSSR count). The van der Waals surface area contributed by atoms with E-state index >= 15 is 0 Å². The SMILES string of the molecule is [2H]c1c([2H])c([2H])c2c(c1[2H])c1c([2H])c(-c3nc(-c4ccccc4)nc(-c4ccc(-c5ccccc5)cc4)n3)c([2H])c([2H])c1n2-c1cccc2oc3ccccc3c12. The molecule has 0 aliphatic carbocycles. The predicted octanol–water partition coefficient (Wildman–Crippen LogP) is 11.5. The minimum Gasteiger partial charge on any atom is -0.456 e. The van der Waals surface area contributed by atoms with Crippen LogP contribution in [0.5, 0.6) is 0 Å². The predicted molar refractivity (Wildman–Crippen MR) is 203 cm³/mol. The third-order valence-electron chi connectivity index (χ3n) is 8.92. The van der Waals surface area contributed by atoms with Crippen LogP contribution in [0.2, 0.25) is 0 Å². The molecule has 0 atom stereocenters. The van der Waals surface area contributed by atoms with Gasteiger partial charge in [0, 0.05) is 32.8 Å². The largest absolute Gasteiger partial charge is 0.456 e. The van der Waals surface area contributed by atoms with Gasteiger partial charge in [-0.05, 0) is 53.5 Å². The van der Waals surface area contributed by atoms with Crippen molar-refractivity contribution >= 4 is 43.7 Å². The Morgan fingerprint density at radius 1 is 0.440 bits per heavy atom. The van der Waals surface area contributed by atoms with Gasteiger partial charge < -0.3 is 8.98 Å². The molecule has 7 aromatic carbocycles. The fourth-order valence-corrected chi connectivity index (χ4v) is 6.59.